The monoisotopic (exact) mass is 270 g/mol. The molecule has 2 heterocycles. The average Bonchev–Trinajstić information content (AvgIpc) is 3.21. The Labute approximate surface area is 119 Å². The molecule has 2 aliphatic rings. The van der Waals surface area contributed by atoms with Crippen LogP contribution in [0, 0.1) is 5.92 Å². The van der Waals surface area contributed by atoms with Gasteiger partial charge in [-0.1, -0.05) is 18.2 Å². The third-order valence-corrected chi connectivity index (χ3v) is 4.83. The van der Waals surface area contributed by atoms with Gasteiger partial charge in [-0.05, 0) is 31.7 Å². The van der Waals surface area contributed by atoms with E-state index in [2.05, 4.69) is 40.8 Å². The van der Waals surface area contributed by atoms with Crippen molar-refractivity contribution in [1.82, 2.24) is 14.7 Å². The molecular formula is C16H22N4. The Morgan fingerprint density at radius 1 is 1.30 bits per heavy atom. The first-order valence-electron chi connectivity index (χ1n) is 7.65. The van der Waals surface area contributed by atoms with E-state index in [1.54, 1.807) is 0 Å². The van der Waals surface area contributed by atoms with Crippen LogP contribution in [0.25, 0.3) is 10.9 Å². The van der Waals surface area contributed by atoms with Crippen LogP contribution >= 0.6 is 0 Å². The minimum atomic E-state index is 0.100. The summed E-state index contributed by atoms with van der Waals surface area (Å²) in [5, 5.41) is 6.06. The highest BCUT2D eigenvalue weighted by molar-refractivity contribution is 5.81. The van der Waals surface area contributed by atoms with Crippen LogP contribution in [0.2, 0.25) is 0 Å². The summed E-state index contributed by atoms with van der Waals surface area (Å²) < 4.78 is 2.10. The van der Waals surface area contributed by atoms with Crippen LogP contribution in [0.4, 0.5) is 0 Å². The molecular weight excluding hydrogens is 248 g/mol. The molecule has 1 aromatic carbocycles. The Hall–Kier alpha value is -1.39. The SMILES string of the molecule is CCn1nc(CN2CC(N)(C3CC3)C2)c2ccccc21. The number of rotatable bonds is 4. The number of aryl methyl sites for hydroxylation is 1. The first-order chi connectivity index (χ1) is 9.69. The summed E-state index contributed by atoms with van der Waals surface area (Å²) in [5.74, 6) is 0.781. The van der Waals surface area contributed by atoms with Gasteiger partial charge in [-0.3, -0.25) is 9.58 Å². The third kappa shape index (κ3) is 1.86. The highest BCUT2D eigenvalue weighted by Crippen LogP contribution is 2.43. The lowest BCUT2D eigenvalue weighted by molar-refractivity contribution is 0.0469. The van der Waals surface area contributed by atoms with E-state index in [1.165, 1.54) is 29.4 Å². The van der Waals surface area contributed by atoms with E-state index in [1.807, 2.05) is 0 Å². The number of nitrogens with zero attached hydrogens (tertiary/aromatic N) is 3. The maximum absolute atomic E-state index is 6.43. The van der Waals surface area contributed by atoms with Gasteiger partial charge in [-0.15, -0.1) is 0 Å². The molecule has 1 aromatic heterocycles. The van der Waals surface area contributed by atoms with Crippen LogP contribution < -0.4 is 5.73 Å². The smallest absolute Gasteiger partial charge is 0.0843 e. The molecule has 0 spiro atoms. The number of para-hydroxylation sites is 1. The summed E-state index contributed by atoms with van der Waals surface area (Å²) in [6.07, 6.45) is 2.66. The summed E-state index contributed by atoms with van der Waals surface area (Å²) >= 11 is 0. The van der Waals surface area contributed by atoms with Gasteiger partial charge in [-0.25, -0.2) is 0 Å². The Morgan fingerprint density at radius 2 is 2.05 bits per heavy atom. The van der Waals surface area contributed by atoms with E-state index in [9.17, 15) is 0 Å². The molecule has 4 heteroatoms. The fraction of sp³-hybridized carbons (Fsp3) is 0.562. The molecule has 2 aromatic rings. The average molecular weight is 270 g/mol. The van der Waals surface area contributed by atoms with Gasteiger partial charge < -0.3 is 5.73 Å². The Morgan fingerprint density at radius 3 is 2.75 bits per heavy atom. The molecule has 0 bridgehead atoms. The van der Waals surface area contributed by atoms with E-state index < -0.39 is 0 Å². The van der Waals surface area contributed by atoms with Crippen LogP contribution in [-0.2, 0) is 13.1 Å². The minimum absolute atomic E-state index is 0.100. The number of benzene rings is 1. The van der Waals surface area contributed by atoms with E-state index in [4.69, 9.17) is 10.8 Å². The van der Waals surface area contributed by atoms with Gasteiger partial charge in [0.25, 0.3) is 0 Å². The molecule has 4 nitrogen and oxygen atoms in total. The predicted octanol–water partition coefficient (Wildman–Crippen LogP) is 1.98. The fourth-order valence-corrected chi connectivity index (χ4v) is 3.58. The third-order valence-electron chi connectivity index (χ3n) is 4.83. The van der Waals surface area contributed by atoms with Gasteiger partial charge in [0.1, 0.15) is 0 Å². The van der Waals surface area contributed by atoms with E-state index in [-0.39, 0.29) is 5.54 Å². The topological polar surface area (TPSA) is 47.1 Å². The molecule has 1 aliphatic carbocycles. The zero-order valence-corrected chi connectivity index (χ0v) is 12.0. The first kappa shape index (κ1) is 12.4. The lowest BCUT2D eigenvalue weighted by atomic mass is 9.85. The number of hydrogen-bond donors (Lipinski definition) is 1. The summed E-state index contributed by atoms with van der Waals surface area (Å²) in [6.45, 7) is 6.06. The van der Waals surface area contributed by atoms with Crippen molar-refractivity contribution in [2.24, 2.45) is 11.7 Å². The predicted molar refractivity (Wildman–Crippen MR) is 80.3 cm³/mol. The van der Waals surface area contributed by atoms with Gasteiger partial charge in [0.05, 0.1) is 11.2 Å². The molecule has 0 unspecified atom stereocenters. The van der Waals surface area contributed by atoms with Crippen molar-refractivity contribution >= 4 is 10.9 Å². The van der Waals surface area contributed by atoms with Crippen LogP contribution in [0.3, 0.4) is 0 Å². The van der Waals surface area contributed by atoms with E-state index in [0.717, 1.165) is 32.1 Å². The molecule has 2 fully saturated rings. The molecule has 0 radical (unpaired) electrons. The molecule has 20 heavy (non-hydrogen) atoms. The lowest BCUT2D eigenvalue weighted by Gasteiger charge is -2.48. The van der Waals surface area contributed by atoms with Crippen molar-refractivity contribution in [3.63, 3.8) is 0 Å². The second kappa shape index (κ2) is 4.30. The van der Waals surface area contributed by atoms with Gasteiger partial charge in [0, 0.05) is 37.1 Å². The Bertz CT molecular complexity index is 635. The summed E-state index contributed by atoms with van der Waals surface area (Å²) in [6, 6.07) is 8.52. The van der Waals surface area contributed by atoms with E-state index in [0.29, 0.717) is 0 Å². The number of nitrogens with two attached hydrogens (primary N) is 1. The first-order valence-corrected chi connectivity index (χ1v) is 7.65. The van der Waals surface area contributed by atoms with Crippen molar-refractivity contribution in [1.29, 1.82) is 0 Å². The highest BCUT2D eigenvalue weighted by Gasteiger charge is 2.50. The molecule has 1 saturated heterocycles. The van der Waals surface area contributed by atoms with Crippen molar-refractivity contribution in [2.75, 3.05) is 13.1 Å². The number of aromatic nitrogens is 2. The fourth-order valence-electron chi connectivity index (χ4n) is 3.58. The summed E-state index contributed by atoms with van der Waals surface area (Å²) in [4.78, 5) is 2.44. The standard InChI is InChI=1S/C16H22N4/c1-2-20-15-6-4-3-5-13(15)14(18-20)9-19-10-16(17,11-19)12-7-8-12/h3-6,12H,2,7-11,17H2,1H3. The number of fused-ring (bicyclic) bond motifs is 1. The molecule has 4 rings (SSSR count). The van der Waals surface area contributed by atoms with Crippen LogP contribution in [0.1, 0.15) is 25.5 Å². The number of hydrogen-bond acceptors (Lipinski definition) is 3. The maximum Gasteiger partial charge on any atom is 0.0843 e. The highest BCUT2D eigenvalue weighted by atomic mass is 15.3. The second-order valence-corrected chi connectivity index (χ2v) is 6.43. The van der Waals surface area contributed by atoms with Gasteiger partial charge in [0.2, 0.25) is 0 Å². The van der Waals surface area contributed by atoms with Crippen molar-refractivity contribution in [3.05, 3.63) is 30.0 Å². The zero-order valence-electron chi connectivity index (χ0n) is 12.0. The Kier molecular flexibility index (Phi) is 2.66. The lowest BCUT2D eigenvalue weighted by Crippen LogP contribution is -2.68. The van der Waals surface area contributed by atoms with Crippen LogP contribution in [0.15, 0.2) is 24.3 Å². The van der Waals surface area contributed by atoms with Gasteiger partial charge in [0.15, 0.2) is 0 Å². The molecule has 1 saturated carbocycles. The quantitative estimate of drug-likeness (QED) is 0.924. The Balaban J connectivity index is 1.55. The normalized spacial score (nSPS) is 22.1. The van der Waals surface area contributed by atoms with Crippen LogP contribution in [-0.4, -0.2) is 33.3 Å². The largest absolute Gasteiger partial charge is 0.323 e. The van der Waals surface area contributed by atoms with Gasteiger partial charge >= 0.3 is 0 Å². The molecule has 106 valence electrons. The summed E-state index contributed by atoms with van der Waals surface area (Å²) in [7, 11) is 0. The minimum Gasteiger partial charge on any atom is -0.323 e. The van der Waals surface area contributed by atoms with Gasteiger partial charge in [-0.2, -0.15) is 5.10 Å². The van der Waals surface area contributed by atoms with Crippen molar-refractivity contribution in [2.45, 2.75) is 38.4 Å². The molecule has 0 amide bonds. The summed E-state index contributed by atoms with van der Waals surface area (Å²) in [5.41, 5.74) is 8.97. The molecule has 2 N–H and O–H groups in total. The van der Waals surface area contributed by atoms with E-state index >= 15 is 0 Å². The molecule has 0 atom stereocenters. The van der Waals surface area contributed by atoms with Crippen molar-refractivity contribution < 1.29 is 0 Å². The maximum atomic E-state index is 6.43. The van der Waals surface area contributed by atoms with Crippen molar-refractivity contribution in [3.8, 4) is 0 Å². The second-order valence-electron chi connectivity index (χ2n) is 6.43. The molecule has 1 aliphatic heterocycles. The zero-order chi connectivity index (χ0) is 13.7. The number of likely N-dealkylation sites (tertiary alicyclic amines) is 1. The van der Waals surface area contributed by atoms with Crippen LogP contribution in [0.5, 0.6) is 0 Å².